The van der Waals surface area contributed by atoms with Gasteiger partial charge in [0.15, 0.2) is 0 Å². The second-order valence-corrected chi connectivity index (χ2v) is 21.2. The molecule has 0 aromatic rings. The average molecular weight is 991 g/mol. The van der Waals surface area contributed by atoms with E-state index in [4.69, 9.17) is 49.4 Å². The second kappa shape index (κ2) is 20.4. The number of primary amides is 6. The molecule has 374 valence electrons. The summed E-state index contributed by atoms with van der Waals surface area (Å²) in [6.45, 7) is 16.9. The molecule has 0 aliphatic carbocycles. The zero-order valence-corrected chi connectivity index (χ0v) is 42.0. The van der Waals surface area contributed by atoms with E-state index >= 15 is 0 Å². The van der Waals surface area contributed by atoms with E-state index in [2.05, 4.69) is 10.6 Å². The third kappa shape index (κ3) is 10.4. The van der Waals surface area contributed by atoms with E-state index in [0.717, 1.165) is 0 Å². The van der Waals surface area contributed by atoms with Crippen molar-refractivity contribution >= 4 is 58.5 Å². The predicted octanol–water partition coefficient (Wildman–Crippen LogP) is 1.73. The van der Waals surface area contributed by atoms with Crippen molar-refractivity contribution in [2.45, 2.75) is 151 Å². The van der Waals surface area contributed by atoms with Gasteiger partial charge in [0.25, 0.3) is 0 Å². The second-order valence-electron chi connectivity index (χ2n) is 21.2. The number of carbonyl (C=O) groups excluding carboxylic acids is 7. The summed E-state index contributed by atoms with van der Waals surface area (Å²) in [7, 11) is 0. The number of fused-ring (bicyclic) bond motifs is 6. The number of nitrogens with two attached hydrogens (primary N) is 6. The van der Waals surface area contributed by atoms with Crippen molar-refractivity contribution in [1.82, 2.24) is 10.6 Å². The molecule has 68 heavy (non-hydrogen) atoms. The fourth-order valence-corrected chi connectivity index (χ4v) is 12.3. The third-order valence-corrected chi connectivity index (χ3v) is 16.1. The van der Waals surface area contributed by atoms with Crippen LogP contribution in [0.2, 0.25) is 0 Å². The number of carbonyl (C=O) groups is 7. The van der Waals surface area contributed by atoms with Gasteiger partial charge in [-0.05, 0) is 70.6 Å². The van der Waals surface area contributed by atoms with Crippen LogP contribution in [0.4, 0.5) is 0 Å². The van der Waals surface area contributed by atoms with Crippen LogP contribution in [0.15, 0.2) is 49.3 Å². The maximum Gasteiger partial charge on any atom is 3.00 e. The summed E-state index contributed by atoms with van der Waals surface area (Å²) >= 11 is 0. The largest absolute Gasteiger partial charge is 3.00 e. The molecule has 15 N–H and O–H groups in total. The number of nitrogens with zero attached hydrogens (tertiary/aromatic N) is 3. The molecule has 5 rings (SSSR count). The van der Waals surface area contributed by atoms with Gasteiger partial charge in [0.05, 0.1) is 17.7 Å². The van der Waals surface area contributed by atoms with E-state index < -0.39 is 98.5 Å². The van der Waals surface area contributed by atoms with E-state index in [0.29, 0.717) is 51.8 Å². The van der Waals surface area contributed by atoms with Crippen LogP contribution in [0.25, 0.3) is 0 Å². The minimum Gasteiger partial charge on any atom is -0.392 e. The summed E-state index contributed by atoms with van der Waals surface area (Å²) in [4.78, 5) is 108. The molecule has 10 atom stereocenters. The molecule has 0 saturated carbocycles. The van der Waals surface area contributed by atoms with Gasteiger partial charge in [-0.3, -0.25) is 48.5 Å². The van der Waals surface area contributed by atoms with Crippen molar-refractivity contribution in [2.24, 2.45) is 94.7 Å². The zero-order valence-electron chi connectivity index (χ0n) is 41.0. The Morgan fingerprint density at radius 3 is 1.79 bits per heavy atom. The number of hydrogen-bond acceptors (Lipinski definition) is 12. The van der Waals surface area contributed by atoms with Crippen LogP contribution in [0.3, 0.4) is 0 Å². The van der Waals surface area contributed by atoms with Crippen LogP contribution in [-0.4, -0.2) is 87.8 Å². The van der Waals surface area contributed by atoms with Gasteiger partial charge < -0.3 is 50.1 Å². The molecule has 7 amide bonds. The van der Waals surface area contributed by atoms with Crippen molar-refractivity contribution in [3.05, 3.63) is 34.3 Å². The molecule has 1 saturated heterocycles. The van der Waals surface area contributed by atoms with Crippen molar-refractivity contribution in [3.63, 3.8) is 0 Å². The van der Waals surface area contributed by atoms with E-state index in [-0.39, 0.29) is 93.4 Å². The molecular weight excluding hydrogens is 918 g/mol. The number of amides is 7. The zero-order chi connectivity index (χ0) is 50.4. The SMILES string of the molecule is C/C1=C2N=C(/C=C3\N/C(=C(/C)C4=N[C@@](C)(C5N=C1[C@](C)(CCC(=O)NC[C@@H](C)O)[C@H]5CC(N)=O)[C@@](C)(CC(N)=O)[C@@H]4CCC(N)=O)[C@@](C)(CC(N)=O)C3CCC(N)=O)C(C)(C)[C@@H]/2CCC(N)=O.[Co+3]. The molecule has 8 bridgehead atoms. The minimum absolute atomic E-state index is 0. The maximum absolute atomic E-state index is 13.5. The number of aliphatic hydroxyl groups excluding tert-OH is 1. The van der Waals surface area contributed by atoms with Crippen LogP contribution < -0.4 is 45.0 Å². The Bertz CT molecular complexity index is 2320. The van der Waals surface area contributed by atoms with Crippen LogP contribution >= 0.6 is 0 Å². The monoisotopic (exact) mass is 990 g/mol. The molecule has 2 unspecified atom stereocenters. The molecule has 0 aromatic heterocycles. The standard InChI is InChI=1S/C48H73N11O8.Co/c1-23(60)22-55-38(67)16-17-45(6)29(18-35(52)64)43-48(9)47(8,21-37(54)66)28(12-15-34(51)63)40(59-48)25(3)42-46(7,20-36(53)65)26(10-13-32(49)61)30(56-42)19-31-44(4,5)27(11-14-33(50)62)39(57-31)24(2)41(45)58-43;/h19,23,26-29,43,56,60H,10-18,20-22H2,1-9H3,(H2,49,61)(H2,50,62)(H2,51,63)(H2,52,64)(H2,53,65)(H2,54,66)(H,55,67);/q;+3/b30-19-,39-24-,42-25-;/t23-,26?,27-,28-,29+,43?,45-,46+,47+,48+;/m1./s1. The predicted molar refractivity (Wildman–Crippen MR) is 254 cm³/mol. The molecule has 1 fully saturated rings. The van der Waals surface area contributed by atoms with Gasteiger partial charge in [-0.1, -0.05) is 34.6 Å². The molecule has 0 spiro atoms. The number of aliphatic hydroxyl groups is 1. The number of hydrogen-bond donors (Lipinski definition) is 9. The summed E-state index contributed by atoms with van der Waals surface area (Å²) < 4.78 is 0. The molecule has 20 heteroatoms. The Labute approximate surface area is 409 Å². The first kappa shape index (κ1) is 55.4. The molecule has 5 aliphatic heterocycles. The maximum atomic E-state index is 13.5. The topological polar surface area (TPSA) is 357 Å². The van der Waals surface area contributed by atoms with Crippen molar-refractivity contribution < 1.29 is 55.4 Å². The Balaban J connectivity index is 0.0000101. The Morgan fingerprint density at radius 1 is 0.735 bits per heavy atom. The Hall–Kier alpha value is -5.21. The quantitative estimate of drug-likeness (QED) is 0.0857. The van der Waals surface area contributed by atoms with Crippen molar-refractivity contribution in [1.29, 1.82) is 0 Å². The van der Waals surface area contributed by atoms with Crippen LogP contribution in [-0.2, 0) is 50.3 Å². The van der Waals surface area contributed by atoms with Gasteiger partial charge in [-0.25, -0.2) is 0 Å². The van der Waals surface area contributed by atoms with Gasteiger partial charge in [0, 0.05) is 131 Å². The summed E-state index contributed by atoms with van der Waals surface area (Å²) in [6, 6.07) is -0.913. The van der Waals surface area contributed by atoms with Gasteiger partial charge >= 0.3 is 16.8 Å². The summed E-state index contributed by atoms with van der Waals surface area (Å²) in [5.74, 6) is -6.25. The van der Waals surface area contributed by atoms with Gasteiger partial charge in [0.1, 0.15) is 0 Å². The Kier molecular flexibility index (Phi) is 16.6. The van der Waals surface area contributed by atoms with Gasteiger partial charge in [0.2, 0.25) is 41.4 Å². The fraction of sp³-hybridized carbons (Fsp3) is 0.667. The van der Waals surface area contributed by atoms with Gasteiger partial charge in [-0.2, -0.15) is 0 Å². The fourth-order valence-electron chi connectivity index (χ4n) is 12.3. The number of nitrogens with one attached hydrogen (secondary N) is 2. The van der Waals surface area contributed by atoms with Crippen molar-refractivity contribution in [3.8, 4) is 0 Å². The van der Waals surface area contributed by atoms with E-state index in [1.54, 1.807) is 6.92 Å². The average Bonchev–Trinajstić information content (AvgIpc) is 3.80. The van der Waals surface area contributed by atoms with Crippen LogP contribution in [0.1, 0.15) is 133 Å². The normalized spacial score (nSPS) is 34.6. The van der Waals surface area contributed by atoms with Gasteiger partial charge in [-0.15, -0.1) is 0 Å². The first-order valence-corrected chi connectivity index (χ1v) is 23.3. The van der Waals surface area contributed by atoms with E-state index in [1.807, 2.05) is 61.5 Å². The molecule has 5 aliphatic rings. The summed E-state index contributed by atoms with van der Waals surface area (Å²) in [5.41, 5.74) is 34.9. The van der Waals surface area contributed by atoms with Crippen LogP contribution in [0.5, 0.6) is 0 Å². The first-order valence-electron chi connectivity index (χ1n) is 23.3. The van der Waals surface area contributed by atoms with Crippen molar-refractivity contribution in [2.75, 3.05) is 6.54 Å². The molecule has 0 radical (unpaired) electrons. The number of aliphatic imine (C=N–C) groups is 3. The summed E-state index contributed by atoms with van der Waals surface area (Å²) in [5, 5.41) is 16.4. The third-order valence-electron chi connectivity index (χ3n) is 16.1. The van der Waals surface area contributed by atoms with E-state index in [1.165, 1.54) is 0 Å². The molecule has 0 aromatic carbocycles. The smallest absolute Gasteiger partial charge is 0.392 e. The minimum atomic E-state index is -1.39. The van der Waals surface area contributed by atoms with E-state index in [9.17, 15) is 38.7 Å². The first-order chi connectivity index (χ1) is 30.9. The Morgan fingerprint density at radius 2 is 1.28 bits per heavy atom. The number of rotatable bonds is 20. The van der Waals surface area contributed by atoms with Crippen LogP contribution in [0, 0.1) is 45.3 Å². The molecular formula is C48H73CoN11O8+3. The molecule has 19 nitrogen and oxygen atoms in total. The number of allylic oxidation sites excluding steroid dienone is 6. The molecule has 5 heterocycles. The summed E-state index contributed by atoms with van der Waals surface area (Å²) in [6.07, 6.45) is 1.23.